The number of hydrogen-bond donors (Lipinski definition) is 3. The molecule has 0 aliphatic rings. The number of nitrogens with one attached hydrogen (secondary N) is 1. The quantitative estimate of drug-likeness (QED) is 0.534. The molecule has 0 rings (SSSR count). The van der Waals surface area contributed by atoms with Crippen molar-refractivity contribution >= 4 is 11.9 Å². The molecule has 16 heavy (non-hydrogen) atoms. The minimum absolute atomic E-state index is 0.0620. The van der Waals surface area contributed by atoms with Crippen LogP contribution in [0, 0.1) is 0 Å². The summed E-state index contributed by atoms with van der Waals surface area (Å²) < 4.78 is 4.77. The summed E-state index contributed by atoms with van der Waals surface area (Å²) in [6.07, 6.45) is 1.05. The Morgan fingerprint density at radius 3 is 2.50 bits per heavy atom. The molecular formula is C10H20N2O4. The lowest BCUT2D eigenvalue weighted by Crippen LogP contribution is -2.41. The van der Waals surface area contributed by atoms with Crippen molar-refractivity contribution in [1.82, 2.24) is 5.32 Å². The Kier molecular flexibility index (Phi) is 7.49. The highest BCUT2D eigenvalue weighted by molar-refractivity contribution is 5.83. The second-order valence-corrected chi connectivity index (χ2v) is 3.76. The number of carboxylic acids is 1. The van der Waals surface area contributed by atoms with Crippen molar-refractivity contribution < 1.29 is 19.4 Å². The van der Waals surface area contributed by atoms with E-state index in [0.29, 0.717) is 13.0 Å². The number of amides is 1. The molecule has 94 valence electrons. The van der Waals surface area contributed by atoms with E-state index in [4.69, 9.17) is 15.6 Å². The summed E-state index contributed by atoms with van der Waals surface area (Å²) in [6.45, 7) is 2.09. The fraction of sp³-hybridized carbons (Fsp3) is 0.800. The van der Waals surface area contributed by atoms with Gasteiger partial charge in [0.25, 0.3) is 0 Å². The highest BCUT2D eigenvalue weighted by Crippen LogP contribution is 1.97. The van der Waals surface area contributed by atoms with E-state index in [-0.39, 0.29) is 24.8 Å². The highest BCUT2D eigenvalue weighted by atomic mass is 16.5. The number of nitrogens with two attached hydrogens (primary N) is 1. The molecule has 0 aromatic carbocycles. The zero-order valence-corrected chi connectivity index (χ0v) is 9.73. The molecule has 0 bridgehead atoms. The summed E-state index contributed by atoms with van der Waals surface area (Å²) in [4.78, 5) is 22.1. The Morgan fingerprint density at radius 2 is 2.06 bits per heavy atom. The van der Waals surface area contributed by atoms with Crippen LogP contribution in [0.3, 0.4) is 0 Å². The molecule has 2 atom stereocenters. The lowest BCUT2D eigenvalue weighted by molar-refractivity contribution is -0.142. The third-order valence-electron chi connectivity index (χ3n) is 2.07. The van der Waals surface area contributed by atoms with Crippen LogP contribution >= 0.6 is 0 Å². The molecule has 0 aliphatic heterocycles. The van der Waals surface area contributed by atoms with Crippen molar-refractivity contribution in [3.8, 4) is 0 Å². The highest BCUT2D eigenvalue weighted by Gasteiger charge is 2.19. The van der Waals surface area contributed by atoms with Gasteiger partial charge in [-0.05, 0) is 13.3 Å². The van der Waals surface area contributed by atoms with Gasteiger partial charge in [0.1, 0.15) is 6.04 Å². The largest absolute Gasteiger partial charge is 0.480 e. The first-order valence-electron chi connectivity index (χ1n) is 5.24. The summed E-state index contributed by atoms with van der Waals surface area (Å²) in [5.41, 5.74) is 5.50. The molecule has 6 heteroatoms. The van der Waals surface area contributed by atoms with Crippen LogP contribution in [0.4, 0.5) is 0 Å². The van der Waals surface area contributed by atoms with Crippen molar-refractivity contribution in [2.45, 2.75) is 38.3 Å². The third kappa shape index (κ3) is 7.19. The molecule has 4 N–H and O–H groups in total. The van der Waals surface area contributed by atoms with Crippen LogP contribution in [0.2, 0.25) is 0 Å². The topological polar surface area (TPSA) is 102 Å². The first-order valence-corrected chi connectivity index (χ1v) is 5.24. The van der Waals surface area contributed by atoms with Crippen LogP contribution in [0.15, 0.2) is 0 Å². The fourth-order valence-electron chi connectivity index (χ4n) is 1.12. The van der Waals surface area contributed by atoms with Gasteiger partial charge >= 0.3 is 5.97 Å². The summed E-state index contributed by atoms with van der Waals surface area (Å²) in [5.74, 6) is -1.34. The normalized spacial score (nSPS) is 14.2. The Bertz CT molecular complexity index is 231. The van der Waals surface area contributed by atoms with E-state index < -0.39 is 12.0 Å². The number of hydrogen-bond acceptors (Lipinski definition) is 4. The van der Waals surface area contributed by atoms with E-state index >= 15 is 0 Å². The van der Waals surface area contributed by atoms with Gasteiger partial charge in [0.15, 0.2) is 0 Å². The maximum Gasteiger partial charge on any atom is 0.326 e. The molecule has 0 saturated heterocycles. The predicted octanol–water partition coefficient (Wildman–Crippen LogP) is -0.280. The monoisotopic (exact) mass is 232 g/mol. The molecule has 0 spiro atoms. The average Bonchev–Trinajstić information content (AvgIpc) is 2.20. The molecule has 2 unspecified atom stereocenters. The molecule has 1 amide bonds. The maximum absolute atomic E-state index is 11.4. The van der Waals surface area contributed by atoms with Crippen LogP contribution < -0.4 is 11.1 Å². The molecule has 0 aliphatic carbocycles. The van der Waals surface area contributed by atoms with Crippen molar-refractivity contribution in [2.75, 3.05) is 13.7 Å². The number of carbonyl (C=O) groups excluding carboxylic acids is 1. The van der Waals surface area contributed by atoms with Gasteiger partial charge in [-0.2, -0.15) is 0 Å². The van der Waals surface area contributed by atoms with E-state index in [1.54, 1.807) is 6.92 Å². The Morgan fingerprint density at radius 1 is 1.44 bits per heavy atom. The first kappa shape index (κ1) is 14.9. The third-order valence-corrected chi connectivity index (χ3v) is 2.07. The van der Waals surface area contributed by atoms with Crippen LogP contribution in [0.1, 0.15) is 26.2 Å². The van der Waals surface area contributed by atoms with Gasteiger partial charge in [-0.25, -0.2) is 4.79 Å². The molecule has 0 heterocycles. The number of rotatable bonds is 8. The summed E-state index contributed by atoms with van der Waals surface area (Å²) in [6, 6.07) is -0.950. The molecule has 0 aromatic heterocycles. The summed E-state index contributed by atoms with van der Waals surface area (Å²) in [5, 5.41) is 11.3. The number of carboxylic acid groups (broad SMARTS) is 1. The van der Waals surface area contributed by atoms with Gasteiger partial charge in [0.2, 0.25) is 5.91 Å². The van der Waals surface area contributed by atoms with Gasteiger partial charge in [-0.1, -0.05) is 0 Å². The van der Waals surface area contributed by atoms with E-state index in [1.807, 2.05) is 0 Å². The van der Waals surface area contributed by atoms with Crippen molar-refractivity contribution in [1.29, 1.82) is 0 Å². The lowest BCUT2D eigenvalue weighted by atomic mass is 10.1. The van der Waals surface area contributed by atoms with E-state index in [9.17, 15) is 9.59 Å². The van der Waals surface area contributed by atoms with Crippen LogP contribution in [0.25, 0.3) is 0 Å². The predicted molar refractivity (Wildman–Crippen MR) is 58.9 cm³/mol. The van der Waals surface area contributed by atoms with Crippen LogP contribution in [0.5, 0.6) is 0 Å². The molecule has 0 saturated carbocycles. The molecule has 6 nitrogen and oxygen atoms in total. The number of ether oxygens (including phenoxy) is 1. The molecular weight excluding hydrogens is 212 g/mol. The smallest absolute Gasteiger partial charge is 0.326 e. The Labute approximate surface area is 95.1 Å². The van der Waals surface area contributed by atoms with Gasteiger partial charge in [0, 0.05) is 32.6 Å². The Balaban J connectivity index is 3.98. The number of carbonyl (C=O) groups is 2. The first-order chi connectivity index (χ1) is 7.47. The van der Waals surface area contributed by atoms with Gasteiger partial charge in [-0.3, -0.25) is 4.79 Å². The zero-order chi connectivity index (χ0) is 12.6. The van der Waals surface area contributed by atoms with Gasteiger partial charge in [-0.15, -0.1) is 0 Å². The molecule has 0 aromatic rings. The van der Waals surface area contributed by atoms with Gasteiger partial charge in [0.05, 0.1) is 0 Å². The molecule has 0 radical (unpaired) electrons. The van der Waals surface area contributed by atoms with Gasteiger partial charge < -0.3 is 20.9 Å². The second-order valence-electron chi connectivity index (χ2n) is 3.76. The standard InChI is InChI=1S/C10H20N2O4/c1-7(11)3-4-9(13)12-8(10(14)15)5-6-16-2/h7-8H,3-6,11H2,1-2H3,(H,12,13)(H,14,15). The number of methoxy groups -OCH3 is 1. The van der Waals surface area contributed by atoms with Crippen LogP contribution in [-0.2, 0) is 14.3 Å². The van der Waals surface area contributed by atoms with Crippen molar-refractivity contribution in [3.05, 3.63) is 0 Å². The SMILES string of the molecule is COCCC(NC(=O)CCC(C)N)C(=O)O. The van der Waals surface area contributed by atoms with Crippen LogP contribution in [-0.4, -0.2) is 42.8 Å². The minimum atomic E-state index is -1.05. The lowest BCUT2D eigenvalue weighted by Gasteiger charge is -2.14. The number of aliphatic carboxylic acids is 1. The fourth-order valence-corrected chi connectivity index (χ4v) is 1.12. The average molecular weight is 232 g/mol. The van der Waals surface area contributed by atoms with E-state index in [2.05, 4.69) is 5.32 Å². The van der Waals surface area contributed by atoms with E-state index in [0.717, 1.165) is 0 Å². The minimum Gasteiger partial charge on any atom is -0.480 e. The molecule has 0 fully saturated rings. The van der Waals surface area contributed by atoms with Crippen molar-refractivity contribution in [3.63, 3.8) is 0 Å². The van der Waals surface area contributed by atoms with E-state index in [1.165, 1.54) is 7.11 Å². The maximum atomic E-state index is 11.4. The Hall–Kier alpha value is -1.14. The second kappa shape index (κ2) is 8.06. The summed E-state index contributed by atoms with van der Waals surface area (Å²) in [7, 11) is 1.48. The zero-order valence-electron chi connectivity index (χ0n) is 9.73. The van der Waals surface area contributed by atoms with Crippen molar-refractivity contribution in [2.24, 2.45) is 5.73 Å². The summed E-state index contributed by atoms with van der Waals surface area (Å²) >= 11 is 0.